The molecule has 2 heterocycles. The van der Waals surface area contributed by atoms with Crippen molar-refractivity contribution in [1.29, 1.82) is 0 Å². The SMILES string of the molecule is COCCn1ccc2c(C(=O)Nc3n[nH]c(C4CC4)n3)cccc21. The van der Waals surface area contributed by atoms with Crippen molar-refractivity contribution in [3.8, 4) is 0 Å². The minimum Gasteiger partial charge on any atom is -0.383 e. The van der Waals surface area contributed by atoms with Crippen molar-refractivity contribution in [3.05, 3.63) is 41.9 Å². The fourth-order valence-electron chi connectivity index (χ4n) is 2.84. The number of nitrogens with zero attached hydrogens (tertiary/aromatic N) is 3. The molecule has 0 unspecified atom stereocenters. The summed E-state index contributed by atoms with van der Waals surface area (Å²) >= 11 is 0. The van der Waals surface area contributed by atoms with Gasteiger partial charge in [-0.3, -0.25) is 15.2 Å². The van der Waals surface area contributed by atoms with Crippen molar-refractivity contribution in [2.75, 3.05) is 19.0 Å². The van der Waals surface area contributed by atoms with Gasteiger partial charge in [0.15, 0.2) is 0 Å². The number of nitrogens with one attached hydrogen (secondary N) is 2. The van der Waals surface area contributed by atoms with Crippen LogP contribution < -0.4 is 5.32 Å². The van der Waals surface area contributed by atoms with Crippen molar-refractivity contribution in [2.45, 2.75) is 25.3 Å². The molecule has 3 aromatic rings. The second-order valence-electron chi connectivity index (χ2n) is 6.01. The van der Waals surface area contributed by atoms with E-state index in [1.54, 1.807) is 7.11 Å². The van der Waals surface area contributed by atoms with Gasteiger partial charge in [-0.15, -0.1) is 5.10 Å². The van der Waals surface area contributed by atoms with Crippen LogP contribution >= 0.6 is 0 Å². The Morgan fingerprint density at radius 1 is 1.42 bits per heavy atom. The first-order valence-electron chi connectivity index (χ1n) is 8.06. The first kappa shape index (κ1) is 14.9. The molecule has 1 amide bonds. The normalized spacial score (nSPS) is 14.2. The third-order valence-corrected chi connectivity index (χ3v) is 4.29. The lowest BCUT2D eigenvalue weighted by molar-refractivity contribution is 0.102. The second-order valence-corrected chi connectivity index (χ2v) is 6.01. The molecule has 0 bridgehead atoms. The van der Waals surface area contributed by atoms with Gasteiger partial charge in [0.1, 0.15) is 5.82 Å². The lowest BCUT2D eigenvalue weighted by Gasteiger charge is -2.06. The minimum absolute atomic E-state index is 0.202. The summed E-state index contributed by atoms with van der Waals surface area (Å²) in [4.78, 5) is 17.0. The molecule has 1 aromatic carbocycles. The molecule has 0 radical (unpaired) electrons. The number of methoxy groups -OCH3 is 1. The van der Waals surface area contributed by atoms with Crippen LogP contribution in [0, 0.1) is 0 Å². The lowest BCUT2D eigenvalue weighted by atomic mass is 10.1. The first-order chi connectivity index (χ1) is 11.8. The summed E-state index contributed by atoms with van der Waals surface area (Å²) in [6, 6.07) is 7.65. The number of aromatic amines is 1. The molecule has 0 aliphatic heterocycles. The number of hydrogen-bond donors (Lipinski definition) is 2. The van der Waals surface area contributed by atoms with Crippen LogP contribution in [0.25, 0.3) is 10.9 Å². The molecule has 1 aliphatic rings. The van der Waals surface area contributed by atoms with Gasteiger partial charge in [-0.05, 0) is 31.0 Å². The molecule has 7 nitrogen and oxygen atoms in total. The molecule has 0 saturated heterocycles. The van der Waals surface area contributed by atoms with E-state index in [1.165, 1.54) is 0 Å². The zero-order valence-corrected chi connectivity index (χ0v) is 13.5. The van der Waals surface area contributed by atoms with Gasteiger partial charge in [-0.1, -0.05) is 6.07 Å². The number of H-pyrrole nitrogens is 1. The van der Waals surface area contributed by atoms with Crippen LogP contribution in [0.4, 0.5) is 5.95 Å². The summed E-state index contributed by atoms with van der Waals surface area (Å²) in [6.45, 7) is 1.37. The van der Waals surface area contributed by atoms with Gasteiger partial charge in [0.05, 0.1) is 6.61 Å². The molecule has 4 rings (SSSR count). The van der Waals surface area contributed by atoms with Gasteiger partial charge in [-0.25, -0.2) is 0 Å². The highest BCUT2D eigenvalue weighted by Crippen LogP contribution is 2.38. The second kappa shape index (κ2) is 6.09. The smallest absolute Gasteiger partial charge is 0.258 e. The molecule has 7 heteroatoms. The third kappa shape index (κ3) is 2.78. The summed E-state index contributed by atoms with van der Waals surface area (Å²) in [5, 5.41) is 10.7. The number of amides is 1. The van der Waals surface area contributed by atoms with Gasteiger partial charge in [0, 0.05) is 42.2 Å². The lowest BCUT2D eigenvalue weighted by Crippen LogP contribution is -2.13. The van der Waals surface area contributed by atoms with E-state index in [1.807, 2.05) is 30.5 Å². The van der Waals surface area contributed by atoms with E-state index in [9.17, 15) is 4.79 Å². The number of fused-ring (bicyclic) bond motifs is 1. The highest BCUT2D eigenvalue weighted by atomic mass is 16.5. The first-order valence-corrected chi connectivity index (χ1v) is 8.06. The third-order valence-electron chi connectivity index (χ3n) is 4.29. The van der Waals surface area contributed by atoms with Gasteiger partial charge in [-0.2, -0.15) is 4.98 Å². The van der Waals surface area contributed by atoms with Crippen LogP contribution in [0.15, 0.2) is 30.5 Å². The van der Waals surface area contributed by atoms with Crippen molar-refractivity contribution in [2.24, 2.45) is 0 Å². The van der Waals surface area contributed by atoms with Crippen LogP contribution in [0.5, 0.6) is 0 Å². The molecule has 124 valence electrons. The van der Waals surface area contributed by atoms with Crippen LogP contribution in [0.3, 0.4) is 0 Å². The number of benzene rings is 1. The molecule has 2 N–H and O–H groups in total. The monoisotopic (exact) mass is 325 g/mol. The summed E-state index contributed by atoms with van der Waals surface area (Å²) in [5.74, 6) is 1.46. The van der Waals surface area contributed by atoms with Gasteiger partial charge in [0.2, 0.25) is 5.95 Å². The molecule has 0 spiro atoms. The Hall–Kier alpha value is -2.67. The average Bonchev–Trinajstić information content (AvgIpc) is 3.20. The predicted molar refractivity (Wildman–Crippen MR) is 90.1 cm³/mol. The zero-order valence-electron chi connectivity index (χ0n) is 13.5. The fraction of sp³-hybridized carbons (Fsp3) is 0.353. The maximum atomic E-state index is 12.6. The maximum absolute atomic E-state index is 12.6. The maximum Gasteiger partial charge on any atom is 0.258 e. The summed E-state index contributed by atoms with van der Waals surface area (Å²) < 4.78 is 7.20. The average molecular weight is 325 g/mol. The molecular formula is C17H19N5O2. The topological polar surface area (TPSA) is 84.8 Å². The molecular weight excluding hydrogens is 306 g/mol. The highest BCUT2D eigenvalue weighted by molar-refractivity contribution is 6.12. The zero-order chi connectivity index (χ0) is 16.5. The summed E-state index contributed by atoms with van der Waals surface area (Å²) in [5.41, 5.74) is 1.62. The van der Waals surface area contributed by atoms with E-state index in [0.717, 1.165) is 36.1 Å². The Labute approximate surface area is 139 Å². The van der Waals surface area contributed by atoms with E-state index in [0.29, 0.717) is 24.0 Å². The van der Waals surface area contributed by atoms with Crippen molar-refractivity contribution >= 4 is 22.8 Å². The van der Waals surface area contributed by atoms with Crippen molar-refractivity contribution < 1.29 is 9.53 Å². The summed E-state index contributed by atoms with van der Waals surface area (Å²) in [7, 11) is 1.68. The summed E-state index contributed by atoms with van der Waals surface area (Å²) in [6.07, 6.45) is 4.24. The number of carbonyl (C=O) groups is 1. The van der Waals surface area contributed by atoms with E-state index in [4.69, 9.17) is 4.74 Å². The molecule has 1 aliphatic carbocycles. The minimum atomic E-state index is -0.202. The van der Waals surface area contributed by atoms with E-state index < -0.39 is 0 Å². The van der Waals surface area contributed by atoms with E-state index in [2.05, 4.69) is 25.1 Å². The Morgan fingerprint density at radius 3 is 3.08 bits per heavy atom. The Morgan fingerprint density at radius 2 is 2.29 bits per heavy atom. The van der Waals surface area contributed by atoms with Crippen LogP contribution in [-0.4, -0.2) is 39.4 Å². The van der Waals surface area contributed by atoms with Gasteiger partial charge in [0.25, 0.3) is 5.91 Å². The Bertz CT molecular complexity index is 878. The quantitative estimate of drug-likeness (QED) is 0.729. The van der Waals surface area contributed by atoms with E-state index >= 15 is 0 Å². The molecule has 1 fully saturated rings. The fourth-order valence-corrected chi connectivity index (χ4v) is 2.84. The molecule has 2 aromatic heterocycles. The molecule has 24 heavy (non-hydrogen) atoms. The van der Waals surface area contributed by atoms with Crippen LogP contribution in [0.2, 0.25) is 0 Å². The number of ether oxygens (including phenoxy) is 1. The standard InChI is InChI=1S/C17H19N5O2/c1-24-10-9-22-8-7-12-13(3-2-4-14(12)22)16(23)19-17-18-15(20-21-17)11-5-6-11/h2-4,7-8,11H,5-6,9-10H2,1H3,(H2,18,19,20,21,23). The number of carbonyl (C=O) groups excluding carboxylic acids is 1. The number of anilines is 1. The largest absolute Gasteiger partial charge is 0.383 e. The predicted octanol–water partition coefficient (Wildman–Crippen LogP) is 2.54. The molecule has 0 atom stereocenters. The number of aromatic nitrogens is 4. The van der Waals surface area contributed by atoms with Crippen LogP contribution in [0.1, 0.15) is 34.9 Å². The molecule has 1 saturated carbocycles. The van der Waals surface area contributed by atoms with E-state index in [-0.39, 0.29) is 5.91 Å². The van der Waals surface area contributed by atoms with Crippen molar-refractivity contribution in [3.63, 3.8) is 0 Å². The van der Waals surface area contributed by atoms with Crippen LogP contribution in [-0.2, 0) is 11.3 Å². The van der Waals surface area contributed by atoms with Gasteiger partial charge >= 0.3 is 0 Å². The number of hydrogen-bond acceptors (Lipinski definition) is 4. The van der Waals surface area contributed by atoms with Gasteiger partial charge < -0.3 is 9.30 Å². The van der Waals surface area contributed by atoms with Crippen molar-refractivity contribution in [1.82, 2.24) is 19.7 Å². The number of rotatable bonds is 6. The highest BCUT2D eigenvalue weighted by Gasteiger charge is 2.27. The Balaban J connectivity index is 1.57. The Kier molecular flexibility index (Phi) is 3.78.